The second-order valence-electron chi connectivity index (χ2n) is 5.19. The maximum Gasteiger partial charge on any atom is 0.0349 e. The molecule has 1 heteroatoms. The number of fused-ring (bicyclic) bond motifs is 1. The van der Waals surface area contributed by atoms with Crippen LogP contribution in [-0.2, 0) is 0 Å². The molecule has 0 spiro atoms. The smallest absolute Gasteiger partial charge is 0.0349 e. The van der Waals surface area contributed by atoms with Gasteiger partial charge in [-0.1, -0.05) is 32.0 Å². The molecule has 3 rings (SSSR count). The van der Waals surface area contributed by atoms with Crippen molar-refractivity contribution < 1.29 is 0 Å². The summed E-state index contributed by atoms with van der Waals surface area (Å²) in [6, 6.07) is 8.73. The Bertz CT molecular complexity index is 510. The molecule has 1 saturated carbocycles. The molecule has 1 aliphatic carbocycles. The van der Waals surface area contributed by atoms with Crippen LogP contribution in [0.5, 0.6) is 0 Å². The van der Waals surface area contributed by atoms with E-state index in [2.05, 4.69) is 43.1 Å². The first-order valence-electron chi connectivity index (χ1n) is 6.10. The molecule has 0 N–H and O–H groups in total. The molecule has 2 aromatic rings. The first-order valence-corrected chi connectivity index (χ1v) is 6.10. The number of aromatic nitrogens is 1. The van der Waals surface area contributed by atoms with Gasteiger partial charge in [-0.2, -0.15) is 0 Å². The Hall–Kier alpha value is -1.37. The zero-order valence-electron chi connectivity index (χ0n) is 9.85. The van der Waals surface area contributed by atoms with Crippen LogP contribution in [-0.4, -0.2) is 4.98 Å². The lowest BCUT2D eigenvalue weighted by atomic mass is 9.99. The van der Waals surface area contributed by atoms with Crippen LogP contribution in [0.3, 0.4) is 0 Å². The summed E-state index contributed by atoms with van der Waals surface area (Å²) in [5.74, 6) is 2.45. The van der Waals surface area contributed by atoms with Gasteiger partial charge in [0.2, 0.25) is 0 Å². The van der Waals surface area contributed by atoms with Gasteiger partial charge in [0, 0.05) is 17.8 Å². The van der Waals surface area contributed by atoms with Crippen LogP contribution in [0.15, 0.2) is 36.7 Å². The molecule has 0 amide bonds. The monoisotopic (exact) mass is 211 g/mol. The van der Waals surface area contributed by atoms with Crippen LogP contribution in [0.25, 0.3) is 10.8 Å². The molecule has 1 nitrogen and oxygen atoms in total. The molecule has 2 atom stereocenters. The summed E-state index contributed by atoms with van der Waals surface area (Å²) in [5.41, 5.74) is 1.50. The number of nitrogens with zero attached hydrogens (tertiary/aromatic N) is 1. The van der Waals surface area contributed by atoms with Crippen molar-refractivity contribution >= 4 is 10.8 Å². The van der Waals surface area contributed by atoms with Crippen LogP contribution >= 0.6 is 0 Å². The molecule has 0 unspecified atom stereocenters. The molecule has 1 aliphatic rings. The normalized spacial score (nSPS) is 23.9. The molecule has 1 fully saturated rings. The van der Waals surface area contributed by atoms with E-state index in [1.54, 1.807) is 0 Å². The van der Waals surface area contributed by atoms with E-state index in [4.69, 9.17) is 0 Å². The summed E-state index contributed by atoms with van der Waals surface area (Å²) in [7, 11) is 0. The van der Waals surface area contributed by atoms with E-state index in [1.807, 2.05) is 12.4 Å². The second-order valence-corrected chi connectivity index (χ2v) is 5.19. The van der Waals surface area contributed by atoms with E-state index in [0.29, 0.717) is 0 Å². The van der Waals surface area contributed by atoms with Crippen molar-refractivity contribution in [2.45, 2.75) is 26.2 Å². The molecular weight excluding hydrogens is 194 g/mol. The topological polar surface area (TPSA) is 12.9 Å². The highest BCUT2D eigenvalue weighted by molar-refractivity contribution is 5.85. The number of rotatable bonds is 2. The number of pyridine rings is 1. The van der Waals surface area contributed by atoms with Gasteiger partial charge in [-0.3, -0.25) is 4.98 Å². The highest BCUT2D eigenvalue weighted by atomic mass is 14.6. The third kappa shape index (κ3) is 1.51. The summed E-state index contributed by atoms with van der Waals surface area (Å²) in [6.07, 6.45) is 5.24. The Morgan fingerprint density at radius 2 is 2.12 bits per heavy atom. The van der Waals surface area contributed by atoms with E-state index in [9.17, 15) is 0 Å². The summed E-state index contributed by atoms with van der Waals surface area (Å²) >= 11 is 0. The predicted octanol–water partition coefficient (Wildman–Crippen LogP) is 3.99. The van der Waals surface area contributed by atoms with Crippen molar-refractivity contribution in [1.82, 2.24) is 4.98 Å². The van der Waals surface area contributed by atoms with Crippen LogP contribution in [0.1, 0.15) is 31.7 Å². The van der Waals surface area contributed by atoms with Gasteiger partial charge in [0.15, 0.2) is 0 Å². The molecule has 0 bridgehead atoms. The largest absolute Gasteiger partial charge is 0.264 e. The van der Waals surface area contributed by atoms with Crippen molar-refractivity contribution in [1.29, 1.82) is 0 Å². The average molecular weight is 211 g/mol. The minimum absolute atomic E-state index is 0.771. The third-order valence-corrected chi connectivity index (χ3v) is 3.81. The lowest BCUT2D eigenvalue weighted by Gasteiger charge is -2.07. The zero-order valence-corrected chi connectivity index (χ0v) is 9.85. The van der Waals surface area contributed by atoms with Crippen molar-refractivity contribution in [2.75, 3.05) is 0 Å². The quantitative estimate of drug-likeness (QED) is 0.731. The Balaban J connectivity index is 2.05. The fourth-order valence-corrected chi connectivity index (χ4v) is 2.77. The Morgan fingerprint density at radius 1 is 1.25 bits per heavy atom. The lowest BCUT2D eigenvalue weighted by molar-refractivity contribution is 0.549. The third-order valence-electron chi connectivity index (χ3n) is 3.81. The first kappa shape index (κ1) is 9.83. The fourth-order valence-electron chi connectivity index (χ4n) is 2.77. The number of hydrogen-bond donors (Lipinski definition) is 0. The maximum atomic E-state index is 4.25. The van der Waals surface area contributed by atoms with Crippen molar-refractivity contribution in [3.05, 3.63) is 42.2 Å². The standard InChI is InChI=1S/C15H17N/c1-10(2)13-8-14(13)12-5-3-4-11-6-7-16-9-15(11)12/h3-7,9-10,13-14H,8H2,1-2H3/t13-,14-/m1/s1. The minimum atomic E-state index is 0.771. The highest BCUT2D eigenvalue weighted by Crippen LogP contribution is 2.53. The van der Waals surface area contributed by atoms with Gasteiger partial charge >= 0.3 is 0 Å². The minimum Gasteiger partial charge on any atom is -0.264 e. The molecule has 1 heterocycles. The summed E-state index contributed by atoms with van der Waals surface area (Å²) in [5, 5.41) is 2.67. The molecule has 16 heavy (non-hydrogen) atoms. The predicted molar refractivity (Wildman–Crippen MR) is 67.4 cm³/mol. The fraction of sp³-hybridized carbons (Fsp3) is 0.400. The SMILES string of the molecule is CC(C)[C@H]1C[C@@H]1c1cccc2ccncc12. The van der Waals surface area contributed by atoms with Crippen molar-refractivity contribution in [2.24, 2.45) is 11.8 Å². The van der Waals surface area contributed by atoms with Gasteiger partial charge in [0.1, 0.15) is 0 Å². The van der Waals surface area contributed by atoms with Crippen molar-refractivity contribution in [3.63, 3.8) is 0 Å². The molecule has 0 radical (unpaired) electrons. The summed E-state index contributed by atoms with van der Waals surface area (Å²) in [6.45, 7) is 4.65. The maximum absolute atomic E-state index is 4.25. The van der Waals surface area contributed by atoms with E-state index >= 15 is 0 Å². The van der Waals surface area contributed by atoms with Crippen LogP contribution in [0, 0.1) is 11.8 Å². The van der Waals surface area contributed by atoms with E-state index in [0.717, 1.165) is 17.8 Å². The van der Waals surface area contributed by atoms with Crippen molar-refractivity contribution in [3.8, 4) is 0 Å². The van der Waals surface area contributed by atoms with E-state index < -0.39 is 0 Å². The summed E-state index contributed by atoms with van der Waals surface area (Å²) in [4.78, 5) is 4.25. The van der Waals surface area contributed by atoms with Crippen LogP contribution in [0.2, 0.25) is 0 Å². The van der Waals surface area contributed by atoms with Gasteiger partial charge in [-0.25, -0.2) is 0 Å². The summed E-state index contributed by atoms with van der Waals surface area (Å²) < 4.78 is 0. The number of hydrogen-bond acceptors (Lipinski definition) is 1. The molecule has 1 aromatic carbocycles. The van der Waals surface area contributed by atoms with Gasteiger partial charge in [-0.15, -0.1) is 0 Å². The lowest BCUT2D eigenvalue weighted by Crippen LogP contribution is -1.93. The Kier molecular flexibility index (Phi) is 2.20. The average Bonchev–Trinajstić information content (AvgIpc) is 3.08. The molecule has 0 aliphatic heterocycles. The van der Waals surface area contributed by atoms with E-state index in [-0.39, 0.29) is 0 Å². The Labute approximate surface area is 96.5 Å². The second kappa shape index (κ2) is 3.58. The van der Waals surface area contributed by atoms with Gasteiger partial charge < -0.3 is 0 Å². The molecule has 0 saturated heterocycles. The highest BCUT2D eigenvalue weighted by Gasteiger charge is 2.40. The molecule has 82 valence electrons. The Morgan fingerprint density at radius 3 is 2.88 bits per heavy atom. The first-order chi connectivity index (χ1) is 7.77. The zero-order chi connectivity index (χ0) is 11.1. The van der Waals surface area contributed by atoms with E-state index in [1.165, 1.54) is 22.8 Å². The van der Waals surface area contributed by atoms with Crippen LogP contribution in [0.4, 0.5) is 0 Å². The molecule has 1 aromatic heterocycles. The van der Waals surface area contributed by atoms with Gasteiger partial charge in [0.25, 0.3) is 0 Å². The van der Waals surface area contributed by atoms with Gasteiger partial charge in [0.05, 0.1) is 0 Å². The molecular formula is C15H17N. The van der Waals surface area contributed by atoms with Crippen LogP contribution < -0.4 is 0 Å². The number of benzene rings is 1. The van der Waals surface area contributed by atoms with Gasteiger partial charge in [-0.05, 0) is 41.2 Å².